The van der Waals surface area contributed by atoms with Crippen molar-refractivity contribution in [3.8, 4) is 0 Å². The maximum atomic E-state index is 5.55. The number of hydrogen-bond donors (Lipinski definition) is 1. The van der Waals surface area contributed by atoms with Crippen molar-refractivity contribution in [2.24, 2.45) is 0 Å². The Morgan fingerprint density at radius 2 is 2.33 bits per heavy atom. The molecule has 0 saturated heterocycles. The molecule has 12 heavy (non-hydrogen) atoms. The van der Waals surface area contributed by atoms with E-state index in [1.54, 1.807) is 0 Å². The second-order valence-electron chi connectivity index (χ2n) is 3.89. The van der Waals surface area contributed by atoms with E-state index in [4.69, 9.17) is 4.42 Å². The van der Waals surface area contributed by atoms with E-state index in [0.717, 1.165) is 13.0 Å². The van der Waals surface area contributed by atoms with E-state index >= 15 is 0 Å². The first-order chi connectivity index (χ1) is 5.91. The topological polar surface area (TPSA) is 25.2 Å². The molecule has 1 saturated carbocycles. The Kier molecular flexibility index (Phi) is 1.20. The van der Waals surface area contributed by atoms with E-state index < -0.39 is 0 Å². The molecule has 64 valence electrons. The zero-order valence-electron chi connectivity index (χ0n) is 7.10. The SMILES string of the molecule is c1cc2c(o1)C1(CCC1)NCC2. The number of nitrogens with one attached hydrogen (secondary N) is 1. The molecule has 1 fully saturated rings. The van der Waals surface area contributed by atoms with Crippen LogP contribution in [0, 0.1) is 0 Å². The number of hydrogen-bond acceptors (Lipinski definition) is 2. The molecule has 0 atom stereocenters. The van der Waals surface area contributed by atoms with Gasteiger partial charge in [0.2, 0.25) is 0 Å². The average molecular weight is 163 g/mol. The highest BCUT2D eigenvalue weighted by atomic mass is 16.3. The van der Waals surface area contributed by atoms with E-state index in [0.29, 0.717) is 0 Å². The maximum absolute atomic E-state index is 5.55. The van der Waals surface area contributed by atoms with Crippen LogP contribution in [0.2, 0.25) is 0 Å². The molecule has 2 nitrogen and oxygen atoms in total. The first-order valence-corrected chi connectivity index (χ1v) is 4.73. The summed E-state index contributed by atoms with van der Waals surface area (Å²) in [5, 5.41) is 3.58. The summed E-state index contributed by atoms with van der Waals surface area (Å²) in [6.45, 7) is 1.12. The largest absolute Gasteiger partial charge is 0.467 e. The van der Waals surface area contributed by atoms with Crippen LogP contribution in [0.4, 0.5) is 0 Å². The van der Waals surface area contributed by atoms with Crippen LogP contribution in [0.1, 0.15) is 30.6 Å². The summed E-state index contributed by atoms with van der Waals surface area (Å²) in [7, 11) is 0. The Balaban J connectivity index is 2.09. The molecule has 0 aromatic carbocycles. The molecular weight excluding hydrogens is 150 g/mol. The third-order valence-corrected chi connectivity index (χ3v) is 3.25. The summed E-state index contributed by atoms with van der Waals surface area (Å²) in [5.41, 5.74) is 1.67. The van der Waals surface area contributed by atoms with Gasteiger partial charge in [-0.2, -0.15) is 0 Å². The predicted molar refractivity (Wildman–Crippen MR) is 45.9 cm³/mol. The Morgan fingerprint density at radius 3 is 3.08 bits per heavy atom. The lowest BCUT2D eigenvalue weighted by Gasteiger charge is -2.44. The van der Waals surface area contributed by atoms with Crippen LogP contribution >= 0.6 is 0 Å². The summed E-state index contributed by atoms with van der Waals surface area (Å²) in [6, 6.07) is 2.12. The fourth-order valence-electron chi connectivity index (χ4n) is 2.40. The van der Waals surface area contributed by atoms with Crippen molar-refractivity contribution in [3.63, 3.8) is 0 Å². The molecule has 0 amide bonds. The van der Waals surface area contributed by atoms with Gasteiger partial charge in [-0.15, -0.1) is 0 Å². The fraction of sp³-hybridized carbons (Fsp3) is 0.600. The molecule has 2 heterocycles. The van der Waals surface area contributed by atoms with Crippen LogP contribution in [-0.2, 0) is 12.0 Å². The fourth-order valence-corrected chi connectivity index (χ4v) is 2.40. The van der Waals surface area contributed by atoms with Crippen LogP contribution in [0.5, 0.6) is 0 Å². The van der Waals surface area contributed by atoms with Gasteiger partial charge in [-0.1, -0.05) is 0 Å². The minimum Gasteiger partial charge on any atom is -0.467 e. The van der Waals surface area contributed by atoms with Gasteiger partial charge in [0, 0.05) is 6.54 Å². The van der Waals surface area contributed by atoms with E-state index in [1.807, 2.05) is 6.26 Å². The molecule has 1 N–H and O–H groups in total. The van der Waals surface area contributed by atoms with Gasteiger partial charge in [-0.3, -0.25) is 0 Å². The first kappa shape index (κ1) is 6.72. The van der Waals surface area contributed by atoms with E-state index in [2.05, 4.69) is 11.4 Å². The van der Waals surface area contributed by atoms with Gasteiger partial charge in [-0.05, 0) is 37.3 Å². The summed E-state index contributed by atoms with van der Waals surface area (Å²) in [4.78, 5) is 0. The molecule has 0 unspecified atom stereocenters. The van der Waals surface area contributed by atoms with Crippen LogP contribution in [0.3, 0.4) is 0 Å². The molecule has 0 bridgehead atoms. The van der Waals surface area contributed by atoms with Crippen LogP contribution in [0.25, 0.3) is 0 Å². The minimum absolute atomic E-state index is 0.247. The van der Waals surface area contributed by atoms with Gasteiger partial charge < -0.3 is 9.73 Å². The summed E-state index contributed by atoms with van der Waals surface area (Å²) >= 11 is 0. The van der Waals surface area contributed by atoms with Crippen molar-refractivity contribution in [1.82, 2.24) is 5.32 Å². The molecule has 1 aromatic rings. The summed E-state index contributed by atoms with van der Waals surface area (Å²) in [6.07, 6.45) is 6.82. The minimum atomic E-state index is 0.247. The Morgan fingerprint density at radius 1 is 1.42 bits per heavy atom. The molecule has 0 radical (unpaired) electrons. The second-order valence-corrected chi connectivity index (χ2v) is 3.89. The second kappa shape index (κ2) is 2.13. The zero-order valence-corrected chi connectivity index (χ0v) is 7.10. The molecule has 2 aliphatic rings. The van der Waals surface area contributed by atoms with Crippen molar-refractivity contribution in [1.29, 1.82) is 0 Å². The monoisotopic (exact) mass is 163 g/mol. The summed E-state index contributed by atoms with van der Waals surface area (Å²) in [5.74, 6) is 1.22. The molecule has 3 rings (SSSR count). The molecule has 1 aromatic heterocycles. The molecule has 1 aliphatic heterocycles. The van der Waals surface area contributed by atoms with Crippen molar-refractivity contribution in [2.75, 3.05) is 6.54 Å². The van der Waals surface area contributed by atoms with Gasteiger partial charge in [0.25, 0.3) is 0 Å². The Bertz CT molecular complexity index is 299. The van der Waals surface area contributed by atoms with Crippen molar-refractivity contribution in [3.05, 3.63) is 23.7 Å². The lowest BCUT2D eigenvalue weighted by Crippen LogP contribution is -2.51. The highest BCUT2D eigenvalue weighted by Gasteiger charge is 2.44. The number of fused-ring (bicyclic) bond motifs is 2. The first-order valence-electron chi connectivity index (χ1n) is 4.73. The number of furan rings is 1. The predicted octanol–water partition coefficient (Wildman–Crippen LogP) is 1.80. The summed E-state index contributed by atoms with van der Waals surface area (Å²) < 4.78 is 5.55. The van der Waals surface area contributed by atoms with E-state index in [1.165, 1.54) is 30.6 Å². The van der Waals surface area contributed by atoms with Gasteiger partial charge in [0.05, 0.1) is 11.8 Å². The highest BCUT2D eigenvalue weighted by Crippen LogP contribution is 2.44. The van der Waals surface area contributed by atoms with Gasteiger partial charge in [-0.25, -0.2) is 0 Å². The lowest BCUT2D eigenvalue weighted by atomic mass is 9.72. The molecule has 1 spiro atoms. The third-order valence-electron chi connectivity index (χ3n) is 3.25. The highest BCUT2D eigenvalue weighted by molar-refractivity contribution is 5.30. The van der Waals surface area contributed by atoms with Crippen molar-refractivity contribution >= 4 is 0 Å². The lowest BCUT2D eigenvalue weighted by molar-refractivity contribution is 0.140. The van der Waals surface area contributed by atoms with Gasteiger partial charge >= 0.3 is 0 Å². The zero-order chi connectivity index (χ0) is 8.02. The normalized spacial score (nSPS) is 25.0. The Labute approximate surface area is 72.0 Å². The maximum Gasteiger partial charge on any atom is 0.127 e. The molecule has 2 heteroatoms. The van der Waals surface area contributed by atoms with Crippen LogP contribution < -0.4 is 5.32 Å². The average Bonchev–Trinajstić information content (AvgIpc) is 2.47. The third kappa shape index (κ3) is 0.686. The smallest absolute Gasteiger partial charge is 0.127 e. The van der Waals surface area contributed by atoms with Crippen molar-refractivity contribution < 1.29 is 4.42 Å². The molecular formula is C10H13NO. The quantitative estimate of drug-likeness (QED) is 0.631. The molecule has 1 aliphatic carbocycles. The number of rotatable bonds is 0. The van der Waals surface area contributed by atoms with Crippen LogP contribution in [0.15, 0.2) is 16.7 Å². The van der Waals surface area contributed by atoms with Gasteiger partial charge in [0.15, 0.2) is 0 Å². The van der Waals surface area contributed by atoms with E-state index in [-0.39, 0.29) is 5.54 Å². The van der Waals surface area contributed by atoms with Crippen molar-refractivity contribution in [2.45, 2.75) is 31.2 Å². The Hall–Kier alpha value is -0.760. The standard InChI is InChI=1S/C10H13NO/c1-4-10(5-1)9-8(2-6-11-10)3-7-12-9/h3,7,11H,1-2,4-6H2. The van der Waals surface area contributed by atoms with Crippen LogP contribution in [-0.4, -0.2) is 6.54 Å². The van der Waals surface area contributed by atoms with E-state index in [9.17, 15) is 0 Å². The van der Waals surface area contributed by atoms with Gasteiger partial charge in [0.1, 0.15) is 5.76 Å².